The van der Waals surface area contributed by atoms with E-state index in [4.69, 9.17) is 16.6 Å². The predicted molar refractivity (Wildman–Crippen MR) is 167 cm³/mol. The van der Waals surface area contributed by atoms with Crippen LogP contribution in [0.3, 0.4) is 0 Å². The number of allylic oxidation sites excluding steroid dienone is 4. The molecule has 5 atom stereocenters. The van der Waals surface area contributed by atoms with Crippen LogP contribution in [-0.4, -0.2) is 57.3 Å². The van der Waals surface area contributed by atoms with Crippen molar-refractivity contribution in [2.24, 2.45) is 10.9 Å². The number of aromatic nitrogens is 2. The maximum atomic E-state index is 15.0. The van der Waals surface area contributed by atoms with Crippen molar-refractivity contribution in [2.45, 2.75) is 62.4 Å². The summed E-state index contributed by atoms with van der Waals surface area (Å²) >= 11 is 6.35. The molecule has 10 heteroatoms. The lowest BCUT2D eigenvalue weighted by molar-refractivity contribution is 0.0582. The molecular formula is C34H31ClF2N6O. The predicted octanol–water partition coefficient (Wildman–Crippen LogP) is 6.72. The van der Waals surface area contributed by atoms with Gasteiger partial charge in [0.1, 0.15) is 12.0 Å². The first-order valence-electron chi connectivity index (χ1n) is 15.1. The highest BCUT2D eigenvalue weighted by atomic mass is 35.5. The minimum absolute atomic E-state index is 0.0249. The van der Waals surface area contributed by atoms with Crippen LogP contribution >= 0.6 is 11.6 Å². The fourth-order valence-corrected chi connectivity index (χ4v) is 7.69. The monoisotopic (exact) mass is 612 g/mol. The van der Waals surface area contributed by atoms with Crippen molar-refractivity contribution >= 4 is 34.9 Å². The molecule has 3 aromatic rings. The molecule has 8 rings (SSSR count). The van der Waals surface area contributed by atoms with E-state index in [0.29, 0.717) is 50.9 Å². The Labute approximate surface area is 259 Å². The van der Waals surface area contributed by atoms with Gasteiger partial charge in [-0.25, -0.2) is 18.7 Å². The second-order valence-corrected chi connectivity index (χ2v) is 12.9. The van der Waals surface area contributed by atoms with Crippen LogP contribution in [0.25, 0.3) is 11.3 Å². The normalized spacial score (nSPS) is 28.0. The van der Waals surface area contributed by atoms with E-state index in [1.54, 1.807) is 24.4 Å². The van der Waals surface area contributed by atoms with Crippen molar-refractivity contribution in [3.8, 4) is 11.3 Å². The Morgan fingerprint density at radius 2 is 2.00 bits per heavy atom. The number of rotatable bonds is 5. The molecule has 0 radical (unpaired) electrons. The average molecular weight is 613 g/mol. The van der Waals surface area contributed by atoms with Gasteiger partial charge in [-0.15, -0.1) is 0 Å². The molecule has 3 fully saturated rings. The van der Waals surface area contributed by atoms with Crippen molar-refractivity contribution in [1.29, 1.82) is 0 Å². The number of fused-ring (bicyclic) bond motifs is 3. The maximum Gasteiger partial charge on any atom is 0.253 e. The summed E-state index contributed by atoms with van der Waals surface area (Å²) in [7, 11) is 1.92. The number of hydrogen-bond donors (Lipinski definition) is 2. The lowest BCUT2D eigenvalue weighted by Gasteiger charge is -2.45. The number of nitrogens with zero attached hydrogens (tertiary/aromatic N) is 4. The maximum absolute atomic E-state index is 15.0. The lowest BCUT2D eigenvalue weighted by atomic mass is 9.63. The van der Waals surface area contributed by atoms with Gasteiger partial charge in [0, 0.05) is 75.8 Å². The van der Waals surface area contributed by atoms with Gasteiger partial charge in [0.2, 0.25) is 5.95 Å². The molecule has 1 amide bonds. The summed E-state index contributed by atoms with van der Waals surface area (Å²) in [5.74, 6) is 0.429. The summed E-state index contributed by atoms with van der Waals surface area (Å²) in [6, 6.07) is 13.4. The van der Waals surface area contributed by atoms with Crippen molar-refractivity contribution in [3.05, 3.63) is 93.9 Å². The van der Waals surface area contributed by atoms with Gasteiger partial charge in [-0.1, -0.05) is 23.7 Å². The third kappa shape index (κ3) is 4.47. The van der Waals surface area contributed by atoms with E-state index in [2.05, 4.69) is 20.6 Å². The van der Waals surface area contributed by atoms with Gasteiger partial charge in [-0.2, -0.15) is 0 Å². The van der Waals surface area contributed by atoms with Gasteiger partial charge in [0.05, 0.1) is 18.0 Å². The molecule has 3 aliphatic carbocycles. The molecule has 44 heavy (non-hydrogen) atoms. The van der Waals surface area contributed by atoms with E-state index in [1.807, 2.05) is 36.2 Å². The van der Waals surface area contributed by atoms with Gasteiger partial charge in [-0.3, -0.25) is 9.79 Å². The van der Waals surface area contributed by atoms with Gasteiger partial charge in [0.15, 0.2) is 0 Å². The smallest absolute Gasteiger partial charge is 0.253 e. The topological polar surface area (TPSA) is 92.4 Å². The van der Waals surface area contributed by atoms with Crippen molar-refractivity contribution in [1.82, 2.24) is 20.2 Å². The molecule has 2 aliphatic heterocycles. The molecule has 3 heterocycles. The summed E-state index contributed by atoms with van der Waals surface area (Å²) in [6.45, 7) is 0.161. The molecule has 224 valence electrons. The second-order valence-electron chi connectivity index (χ2n) is 12.5. The number of alkyl halides is 1. The van der Waals surface area contributed by atoms with Crippen LogP contribution in [0.2, 0.25) is 5.02 Å². The molecule has 2 aromatic carbocycles. The summed E-state index contributed by atoms with van der Waals surface area (Å²) < 4.78 is 29.9. The zero-order valence-corrected chi connectivity index (χ0v) is 24.9. The highest BCUT2D eigenvalue weighted by molar-refractivity contribution is 6.31. The first-order chi connectivity index (χ1) is 21.3. The number of anilines is 2. The Hall–Kier alpha value is -3.95. The molecule has 0 bridgehead atoms. The molecule has 2 N–H and O–H groups in total. The van der Waals surface area contributed by atoms with Gasteiger partial charge in [-0.05, 0) is 74.1 Å². The van der Waals surface area contributed by atoms with Crippen LogP contribution in [0.4, 0.5) is 20.4 Å². The van der Waals surface area contributed by atoms with E-state index in [1.165, 1.54) is 25.0 Å². The van der Waals surface area contributed by atoms with E-state index in [0.717, 1.165) is 24.1 Å². The summed E-state index contributed by atoms with van der Waals surface area (Å²) in [5, 5.41) is 7.35. The highest BCUT2D eigenvalue weighted by Crippen LogP contribution is 2.57. The molecule has 5 aliphatic rings. The van der Waals surface area contributed by atoms with Crippen LogP contribution < -0.4 is 10.6 Å². The number of aliphatic imine (C=N–C) groups is 1. The molecule has 2 saturated carbocycles. The molecule has 7 nitrogen and oxygen atoms in total. The first-order valence-corrected chi connectivity index (χ1v) is 15.5. The van der Waals surface area contributed by atoms with Gasteiger partial charge in [0.25, 0.3) is 5.91 Å². The van der Waals surface area contributed by atoms with Crippen molar-refractivity contribution in [2.75, 3.05) is 12.4 Å². The Morgan fingerprint density at radius 1 is 1.16 bits per heavy atom. The fraction of sp³-hybridized carbons (Fsp3) is 0.353. The number of benzene rings is 2. The quantitative estimate of drug-likeness (QED) is 0.312. The Morgan fingerprint density at radius 3 is 2.75 bits per heavy atom. The SMILES string of the molecule is CN(C(=O)c1ccc(Nc2ncc3c(n2)-c2ccc(Cl)cc2C(C2=C(F)C=CCC2F)=NC3)cc1)C1CC2CC[C@]23NC3C1. The molecular weight excluding hydrogens is 582 g/mol. The Kier molecular flexibility index (Phi) is 6.46. The number of carbonyl (C=O) groups excluding carboxylic acids is 1. The lowest BCUT2D eigenvalue weighted by Crippen LogP contribution is -2.50. The summed E-state index contributed by atoms with van der Waals surface area (Å²) in [6.07, 6.45) is 7.65. The largest absolute Gasteiger partial charge is 0.339 e. The van der Waals surface area contributed by atoms with Crippen molar-refractivity contribution in [3.63, 3.8) is 0 Å². The minimum Gasteiger partial charge on any atom is -0.339 e. The average Bonchev–Trinajstić information content (AvgIpc) is 3.79. The number of amides is 1. The second kappa shape index (κ2) is 10.3. The summed E-state index contributed by atoms with van der Waals surface area (Å²) in [4.78, 5) is 29.2. The standard InChI is InChI=1S/C34H31ClF2N6O/c1-43(23-13-20-11-12-34(20)28(15-23)42-34)32(44)18-5-8-22(9-6-18)40-33-39-17-19-16-38-31(29-26(36)3-2-4-27(29)37)25-14-21(35)7-10-24(25)30(19)41-33/h2-3,5-10,14,17,20,23,27-28,42H,4,11-13,15-16H2,1H3,(H,39,40,41)/t20?,23?,27?,28?,34-/m0/s1. The van der Waals surface area contributed by atoms with E-state index >= 15 is 0 Å². The highest BCUT2D eigenvalue weighted by Gasteiger charge is 2.66. The third-order valence-corrected chi connectivity index (χ3v) is 10.4. The van der Waals surface area contributed by atoms with Gasteiger partial charge < -0.3 is 15.5 Å². The zero-order valence-electron chi connectivity index (χ0n) is 24.2. The minimum atomic E-state index is -1.51. The number of nitrogens with one attached hydrogen (secondary N) is 2. The van der Waals surface area contributed by atoms with Crippen LogP contribution in [0.15, 0.2) is 77.2 Å². The van der Waals surface area contributed by atoms with Crippen LogP contribution in [0.1, 0.15) is 53.6 Å². The van der Waals surface area contributed by atoms with E-state index in [-0.39, 0.29) is 36.2 Å². The first kappa shape index (κ1) is 27.6. The van der Waals surface area contributed by atoms with Crippen LogP contribution in [0.5, 0.6) is 0 Å². The van der Waals surface area contributed by atoms with E-state index in [9.17, 15) is 13.6 Å². The molecule has 1 aromatic heterocycles. The Balaban J connectivity index is 1.03. The number of halogens is 3. The molecule has 1 spiro atoms. The molecule has 1 saturated heterocycles. The van der Waals surface area contributed by atoms with Crippen LogP contribution in [0, 0.1) is 5.92 Å². The zero-order chi connectivity index (χ0) is 30.2. The van der Waals surface area contributed by atoms with E-state index < -0.39 is 12.0 Å². The third-order valence-electron chi connectivity index (χ3n) is 10.1. The number of carbonyl (C=O) groups is 1. The summed E-state index contributed by atoms with van der Waals surface area (Å²) in [5.41, 5.74) is 4.46. The van der Waals surface area contributed by atoms with Gasteiger partial charge >= 0.3 is 0 Å². The van der Waals surface area contributed by atoms with Crippen LogP contribution in [-0.2, 0) is 6.54 Å². The van der Waals surface area contributed by atoms with Crippen molar-refractivity contribution < 1.29 is 13.6 Å². The molecule has 4 unspecified atom stereocenters. The fourth-order valence-electron chi connectivity index (χ4n) is 7.52. The number of hydrogen-bond acceptors (Lipinski definition) is 6. The Bertz CT molecular complexity index is 1790.